The Hall–Kier alpha value is -2.57. The van der Waals surface area contributed by atoms with Gasteiger partial charge in [-0.15, -0.1) is 0 Å². The third kappa shape index (κ3) is 2.81. The molecule has 4 saturated carbocycles. The van der Waals surface area contributed by atoms with Gasteiger partial charge in [0.15, 0.2) is 0 Å². The van der Waals surface area contributed by atoms with Gasteiger partial charge < -0.3 is 19.9 Å². The first-order valence-corrected chi connectivity index (χ1v) is 11.5. The average molecular weight is 424 g/mol. The number of piperidine rings is 1. The number of nitrogens with zero attached hydrogens (tertiary/aromatic N) is 2. The summed E-state index contributed by atoms with van der Waals surface area (Å²) in [5.41, 5.74) is 0.793. The first-order valence-electron chi connectivity index (χ1n) is 11.5. The molecular formula is C24H29N3O4. The Balaban J connectivity index is 1.05. The zero-order valence-corrected chi connectivity index (χ0v) is 17.9. The van der Waals surface area contributed by atoms with Crippen LogP contribution in [-0.2, 0) is 9.59 Å². The van der Waals surface area contributed by atoms with Crippen molar-refractivity contribution in [3.05, 3.63) is 24.3 Å². The quantitative estimate of drug-likeness (QED) is 0.811. The first-order chi connectivity index (χ1) is 15.0. The van der Waals surface area contributed by atoms with Crippen LogP contribution in [0.25, 0.3) is 0 Å². The summed E-state index contributed by atoms with van der Waals surface area (Å²) in [4.78, 5) is 42.1. The molecule has 3 amide bonds. The number of hydrogen-bond acceptors (Lipinski definition) is 4. The SMILES string of the molecule is COc1ccccc1NC(=O)N1CCC2(CC1)CCN(C(=O)C1C3CC4C(C3=O)C41)C2. The fraction of sp³-hybridized carbons (Fsp3) is 0.625. The third-order valence-corrected chi connectivity index (χ3v) is 8.79. The van der Waals surface area contributed by atoms with Gasteiger partial charge in [-0.3, -0.25) is 9.59 Å². The van der Waals surface area contributed by atoms with Crippen LogP contribution in [0.1, 0.15) is 25.7 Å². The maximum absolute atomic E-state index is 13.2. The number of Topliss-reactive ketones (excluding diaryl/α,β-unsaturated/α-hetero) is 1. The van der Waals surface area contributed by atoms with Crippen LogP contribution in [-0.4, -0.2) is 60.8 Å². The fourth-order valence-corrected chi connectivity index (χ4v) is 7.05. The Labute approximate surface area is 182 Å². The lowest BCUT2D eigenvalue weighted by atomic mass is 9.78. The molecule has 0 aromatic heterocycles. The molecule has 1 aromatic carbocycles. The number of ketones is 1. The Morgan fingerprint density at radius 1 is 1.10 bits per heavy atom. The van der Waals surface area contributed by atoms with Crippen LogP contribution >= 0.6 is 0 Å². The van der Waals surface area contributed by atoms with Crippen molar-refractivity contribution in [2.75, 3.05) is 38.6 Å². The van der Waals surface area contributed by atoms with E-state index in [4.69, 9.17) is 4.74 Å². The summed E-state index contributed by atoms with van der Waals surface area (Å²) in [6.07, 6.45) is 3.79. The van der Waals surface area contributed by atoms with Crippen LogP contribution in [0.5, 0.6) is 5.75 Å². The van der Waals surface area contributed by atoms with Crippen molar-refractivity contribution in [2.45, 2.75) is 25.7 Å². The van der Waals surface area contributed by atoms with Crippen LogP contribution in [0, 0.1) is 35.0 Å². The average Bonchev–Trinajstić information content (AvgIpc) is 3.13. The minimum absolute atomic E-state index is 0.0181. The summed E-state index contributed by atoms with van der Waals surface area (Å²) in [6.45, 7) is 2.97. The number of rotatable bonds is 3. The summed E-state index contributed by atoms with van der Waals surface area (Å²) < 4.78 is 5.32. The molecule has 1 N–H and O–H groups in total. The van der Waals surface area contributed by atoms with E-state index in [1.807, 2.05) is 34.1 Å². The number of nitrogens with one attached hydrogen (secondary N) is 1. The lowest BCUT2D eigenvalue weighted by Gasteiger charge is -2.39. The molecule has 164 valence electrons. The Kier molecular flexibility index (Phi) is 4.14. The summed E-state index contributed by atoms with van der Waals surface area (Å²) in [5.74, 6) is 2.36. The van der Waals surface area contributed by atoms with E-state index >= 15 is 0 Å². The smallest absolute Gasteiger partial charge is 0.321 e. The predicted molar refractivity (Wildman–Crippen MR) is 114 cm³/mol. The number of carbonyl (C=O) groups is 3. The summed E-state index contributed by atoms with van der Waals surface area (Å²) in [7, 11) is 1.59. The number of carbonyl (C=O) groups excluding carboxylic acids is 3. The van der Waals surface area contributed by atoms with Gasteiger partial charge in [-0.05, 0) is 55.1 Å². The zero-order valence-electron chi connectivity index (χ0n) is 17.9. The molecule has 0 radical (unpaired) electrons. The second-order valence-electron chi connectivity index (χ2n) is 10.2. The van der Waals surface area contributed by atoms with Crippen LogP contribution in [0.3, 0.4) is 0 Å². The van der Waals surface area contributed by atoms with Gasteiger partial charge in [-0.1, -0.05) is 12.1 Å². The number of urea groups is 1. The topological polar surface area (TPSA) is 79.0 Å². The van der Waals surface area contributed by atoms with E-state index in [0.29, 0.717) is 42.1 Å². The minimum Gasteiger partial charge on any atom is -0.495 e. The van der Waals surface area contributed by atoms with Crippen LogP contribution < -0.4 is 10.1 Å². The van der Waals surface area contributed by atoms with E-state index in [1.54, 1.807) is 7.11 Å². The highest BCUT2D eigenvalue weighted by atomic mass is 16.5. The molecule has 5 unspecified atom stereocenters. The number of benzene rings is 1. The lowest BCUT2D eigenvalue weighted by molar-refractivity contribution is -0.138. The fourth-order valence-electron chi connectivity index (χ4n) is 7.05. The van der Waals surface area contributed by atoms with Gasteiger partial charge in [0.2, 0.25) is 5.91 Å². The van der Waals surface area contributed by atoms with Crippen LogP contribution in [0.2, 0.25) is 0 Å². The summed E-state index contributed by atoms with van der Waals surface area (Å²) in [5, 5.41) is 2.96. The molecule has 7 heteroatoms. The largest absolute Gasteiger partial charge is 0.495 e. The monoisotopic (exact) mass is 423 g/mol. The van der Waals surface area contributed by atoms with E-state index in [0.717, 1.165) is 38.8 Å². The molecule has 7 rings (SSSR count). The number of amides is 3. The molecule has 7 nitrogen and oxygen atoms in total. The molecule has 6 fully saturated rings. The minimum atomic E-state index is -0.103. The molecule has 6 aliphatic rings. The van der Waals surface area contributed by atoms with Crippen molar-refractivity contribution in [3.63, 3.8) is 0 Å². The molecule has 2 heterocycles. The van der Waals surface area contributed by atoms with Gasteiger partial charge in [0.1, 0.15) is 11.5 Å². The lowest BCUT2D eigenvalue weighted by Crippen LogP contribution is -2.46. The van der Waals surface area contributed by atoms with Crippen LogP contribution in [0.4, 0.5) is 10.5 Å². The van der Waals surface area contributed by atoms with Gasteiger partial charge in [-0.25, -0.2) is 4.79 Å². The van der Waals surface area contributed by atoms with E-state index in [2.05, 4.69) is 5.32 Å². The summed E-state index contributed by atoms with van der Waals surface area (Å²) >= 11 is 0. The van der Waals surface area contributed by atoms with Crippen molar-refractivity contribution >= 4 is 23.4 Å². The number of likely N-dealkylation sites (tertiary alicyclic amines) is 2. The molecule has 5 atom stereocenters. The zero-order chi connectivity index (χ0) is 21.3. The number of methoxy groups -OCH3 is 1. The van der Waals surface area contributed by atoms with Crippen molar-refractivity contribution in [1.29, 1.82) is 0 Å². The van der Waals surface area contributed by atoms with Crippen molar-refractivity contribution in [2.24, 2.45) is 35.0 Å². The van der Waals surface area contributed by atoms with Crippen LogP contribution in [0.15, 0.2) is 24.3 Å². The molecule has 4 bridgehead atoms. The van der Waals surface area contributed by atoms with Crippen molar-refractivity contribution in [3.8, 4) is 5.75 Å². The van der Waals surface area contributed by atoms with Gasteiger partial charge in [0, 0.05) is 38.0 Å². The van der Waals surface area contributed by atoms with E-state index < -0.39 is 0 Å². The van der Waals surface area contributed by atoms with Gasteiger partial charge in [0.05, 0.1) is 18.7 Å². The molecular weight excluding hydrogens is 394 g/mol. The maximum Gasteiger partial charge on any atom is 0.321 e. The normalized spacial score (nSPS) is 34.4. The van der Waals surface area contributed by atoms with Crippen molar-refractivity contribution in [1.82, 2.24) is 9.80 Å². The second-order valence-corrected chi connectivity index (χ2v) is 10.2. The van der Waals surface area contributed by atoms with Gasteiger partial charge in [-0.2, -0.15) is 0 Å². The third-order valence-electron chi connectivity index (χ3n) is 8.79. The maximum atomic E-state index is 13.2. The molecule has 1 aromatic rings. The van der Waals surface area contributed by atoms with E-state index in [1.165, 1.54) is 0 Å². The number of anilines is 1. The first kappa shape index (κ1) is 19.1. The number of ether oxygens (including phenoxy) is 1. The van der Waals surface area contributed by atoms with Gasteiger partial charge in [0.25, 0.3) is 0 Å². The predicted octanol–water partition coefficient (Wildman–Crippen LogP) is 2.62. The highest BCUT2D eigenvalue weighted by Gasteiger charge is 2.75. The number of para-hydroxylation sites is 2. The van der Waals surface area contributed by atoms with E-state index in [9.17, 15) is 14.4 Å². The van der Waals surface area contributed by atoms with Gasteiger partial charge >= 0.3 is 6.03 Å². The standard InChI is InChI=1S/C24H29N3O4/c1-31-17-5-3-2-4-16(17)25-23(30)26-9-6-24(7-10-26)8-11-27(13-24)22(29)20-15-12-14-18(20)19(14)21(15)28/h2-5,14-15,18-20H,6-13H2,1H3,(H,25,30). The highest BCUT2D eigenvalue weighted by Crippen LogP contribution is 2.71. The molecule has 4 aliphatic carbocycles. The molecule has 31 heavy (non-hydrogen) atoms. The Bertz CT molecular complexity index is 954. The number of hydrogen-bond donors (Lipinski definition) is 1. The Morgan fingerprint density at radius 2 is 1.81 bits per heavy atom. The highest BCUT2D eigenvalue weighted by molar-refractivity contribution is 6.00. The second kappa shape index (κ2) is 6.71. The molecule has 2 saturated heterocycles. The Morgan fingerprint density at radius 3 is 2.42 bits per heavy atom. The van der Waals surface area contributed by atoms with E-state index in [-0.39, 0.29) is 35.1 Å². The summed E-state index contributed by atoms with van der Waals surface area (Å²) in [6, 6.07) is 7.32. The molecule has 1 spiro atoms. The molecule has 2 aliphatic heterocycles. The van der Waals surface area contributed by atoms with Crippen molar-refractivity contribution < 1.29 is 19.1 Å².